The summed E-state index contributed by atoms with van der Waals surface area (Å²) in [6.45, 7) is 2.90. The molecule has 1 aromatic carbocycles. The van der Waals surface area contributed by atoms with Crippen LogP contribution in [0.2, 0.25) is 0 Å². The average Bonchev–Trinajstić information content (AvgIpc) is 3.10. The highest BCUT2D eigenvalue weighted by Crippen LogP contribution is 2.48. The molecule has 2 saturated heterocycles. The van der Waals surface area contributed by atoms with Gasteiger partial charge in [-0.2, -0.15) is 0 Å². The van der Waals surface area contributed by atoms with Crippen molar-refractivity contribution in [2.24, 2.45) is 5.41 Å². The number of hydrogen-bond acceptors (Lipinski definition) is 2. The lowest BCUT2D eigenvalue weighted by molar-refractivity contribution is -0.140. The molecule has 23 heavy (non-hydrogen) atoms. The lowest BCUT2D eigenvalue weighted by atomic mass is 9.63. The average molecular weight is 321 g/mol. The summed E-state index contributed by atoms with van der Waals surface area (Å²) in [4.78, 5) is 15.0. The van der Waals surface area contributed by atoms with E-state index in [1.165, 1.54) is 12.1 Å². The number of benzene rings is 1. The van der Waals surface area contributed by atoms with Crippen molar-refractivity contribution >= 4 is 5.91 Å². The lowest BCUT2D eigenvalue weighted by Gasteiger charge is -2.43. The molecule has 1 saturated carbocycles. The third-order valence-corrected chi connectivity index (χ3v) is 5.97. The monoisotopic (exact) mass is 321 g/mol. The van der Waals surface area contributed by atoms with Gasteiger partial charge in [0.2, 0.25) is 5.91 Å². The standard InChI is InChI=1S/C18H21F2NO2/c19-13-2-3-14(15(20)10-13)18(4-1-5-18)16(22)21-8-6-17(11-21)7-9-23-12-17/h2-3,10H,1,4-9,11-12H2/t17-/m1/s1. The van der Waals surface area contributed by atoms with Crippen molar-refractivity contribution in [2.45, 2.75) is 37.5 Å². The number of carbonyl (C=O) groups excluding carboxylic acids is 1. The number of rotatable bonds is 2. The fourth-order valence-electron chi connectivity index (χ4n) is 4.39. The Balaban J connectivity index is 1.61. The van der Waals surface area contributed by atoms with E-state index in [1.807, 2.05) is 4.90 Å². The number of halogens is 2. The number of carbonyl (C=O) groups is 1. The Morgan fingerprint density at radius 2 is 2.00 bits per heavy atom. The summed E-state index contributed by atoms with van der Waals surface area (Å²) in [6, 6.07) is 3.59. The third-order valence-electron chi connectivity index (χ3n) is 5.97. The number of hydrogen-bond donors (Lipinski definition) is 0. The van der Waals surface area contributed by atoms with Gasteiger partial charge >= 0.3 is 0 Å². The van der Waals surface area contributed by atoms with Gasteiger partial charge in [-0.15, -0.1) is 0 Å². The third kappa shape index (κ3) is 2.28. The van der Waals surface area contributed by atoms with Crippen LogP contribution < -0.4 is 0 Å². The molecule has 3 fully saturated rings. The van der Waals surface area contributed by atoms with Crippen molar-refractivity contribution in [3.05, 3.63) is 35.4 Å². The molecule has 3 aliphatic rings. The number of amides is 1. The van der Waals surface area contributed by atoms with Gasteiger partial charge in [-0.25, -0.2) is 8.78 Å². The van der Waals surface area contributed by atoms with E-state index >= 15 is 0 Å². The summed E-state index contributed by atoms with van der Waals surface area (Å²) < 4.78 is 33.0. The molecule has 0 unspecified atom stereocenters. The van der Waals surface area contributed by atoms with Crippen LogP contribution in [0, 0.1) is 17.0 Å². The maximum absolute atomic E-state index is 14.3. The molecular formula is C18H21F2NO2. The van der Waals surface area contributed by atoms with E-state index in [2.05, 4.69) is 0 Å². The second-order valence-electron chi connectivity index (χ2n) is 7.34. The Morgan fingerprint density at radius 3 is 2.61 bits per heavy atom. The van der Waals surface area contributed by atoms with Crippen LogP contribution in [-0.4, -0.2) is 37.1 Å². The molecule has 3 nitrogen and oxygen atoms in total. The zero-order valence-corrected chi connectivity index (χ0v) is 13.1. The molecule has 1 aromatic rings. The first-order valence-corrected chi connectivity index (χ1v) is 8.37. The minimum absolute atomic E-state index is 0.0121. The van der Waals surface area contributed by atoms with Crippen LogP contribution in [0.25, 0.3) is 0 Å². The predicted octanol–water partition coefficient (Wildman–Crippen LogP) is 3.03. The van der Waals surface area contributed by atoms with Crippen LogP contribution in [0.1, 0.15) is 37.7 Å². The highest BCUT2D eigenvalue weighted by atomic mass is 19.1. The molecule has 4 rings (SSSR count). The molecule has 124 valence electrons. The molecule has 1 amide bonds. The molecule has 0 bridgehead atoms. The second kappa shape index (κ2) is 5.26. The SMILES string of the molecule is O=C(N1CC[C@@]2(CCOC2)C1)C1(c2ccc(F)cc2F)CCC1. The molecule has 1 atom stereocenters. The maximum atomic E-state index is 14.3. The highest BCUT2D eigenvalue weighted by molar-refractivity contribution is 5.89. The summed E-state index contributed by atoms with van der Waals surface area (Å²) >= 11 is 0. The van der Waals surface area contributed by atoms with Gasteiger partial charge in [-0.1, -0.05) is 12.5 Å². The summed E-state index contributed by atoms with van der Waals surface area (Å²) in [5, 5.41) is 0. The van der Waals surface area contributed by atoms with Gasteiger partial charge in [0.1, 0.15) is 11.6 Å². The Bertz CT molecular complexity index is 636. The Labute approximate surface area is 134 Å². The first-order chi connectivity index (χ1) is 11.0. The molecule has 1 aliphatic carbocycles. The summed E-state index contributed by atoms with van der Waals surface area (Å²) in [5.41, 5.74) is -0.330. The molecule has 0 N–H and O–H groups in total. The summed E-state index contributed by atoms with van der Waals surface area (Å²) in [5.74, 6) is -1.19. The van der Waals surface area contributed by atoms with Crippen molar-refractivity contribution in [1.29, 1.82) is 0 Å². The second-order valence-corrected chi connectivity index (χ2v) is 7.34. The van der Waals surface area contributed by atoms with Crippen molar-refractivity contribution in [3.8, 4) is 0 Å². The van der Waals surface area contributed by atoms with Gasteiger partial charge in [-0.3, -0.25) is 4.79 Å². The molecule has 1 spiro atoms. The minimum atomic E-state index is -0.789. The first kappa shape index (κ1) is 15.1. The maximum Gasteiger partial charge on any atom is 0.233 e. The molecular weight excluding hydrogens is 300 g/mol. The first-order valence-electron chi connectivity index (χ1n) is 8.37. The van der Waals surface area contributed by atoms with Crippen molar-refractivity contribution in [3.63, 3.8) is 0 Å². The van der Waals surface area contributed by atoms with Crippen molar-refractivity contribution < 1.29 is 18.3 Å². The summed E-state index contributed by atoms with van der Waals surface area (Å²) in [7, 11) is 0. The molecule has 5 heteroatoms. The van der Waals surface area contributed by atoms with E-state index in [1.54, 1.807) is 0 Å². The van der Waals surface area contributed by atoms with Gasteiger partial charge in [0.15, 0.2) is 0 Å². The van der Waals surface area contributed by atoms with Gasteiger partial charge < -0.3 is 9.64 Å². The molecule has 0 aromatic heterocycles. The van der Waals surface area contributed by atoms with Gasteiger partial charge in [-0.05, 0) is 31.7 Å². The van der Waals surface area contributed by atoms with Crippen LogP contribution in [0.5, 0.6) is 0 Å². The Hall–Kier alpha value is -1.49. The number of likely N-dealkylation sites (tertiary alicyclic amines) is 1. The van der Waals surface area contributed by atoms with Crippen LogP contribution in [0.4, 0.5) is 8.78 Å². The topological polar surface area (TPSA) is 29.5 Å². The van der Waals surface area contributed by atoms with Gasteiger partial charge in [0, 0.05) is 36.7 Å². The van der Waals surface area contributed by atoms with E-state index in [-0.39, 0.29) is 11.3 Å². The summed E-state index contributed by atoms with van der Waals surface area (Å²) in [6.07, 6.45) is 4.16. The van der Waals surface area contributed by atoms with E-state index in [4.69, 9.17) is 4.74 Å². The lowest BCUT2D eigenvalue weighted by Crippen LogP contribution is -2.51. The van der Waals surface area contributed by atoms with Crippen LogP contribution in [0.3, 0.4) is 0 Å². The Morgan fingerprint density at radius 1 is 1.17 bits per heavy atom. The van der Waals surface area contributed by atoms with E-state index in [0.717, 1.165) is 31.9 Å². The fraction of sp³-hybridized carbons (Fsp3) is 0.611. The Kier molecular flexibility index (Phi) is 3.45. The molecule has 2 aliphatic heterocycles. The zero-order valence-electron chi connectivity index (χ0n) is 13.1. The van der Waals surface area contributed by atoms with Gasteiger partial charge in [0.05, 0.1) is 12.0 Å². The van der Waals surface area contributed by atoms with Crippen LogP contribution >= 0.6 is 0 Å². The number of nitrogens with zero attached hydrogens (tertiary/aromatic N) is 1. The van der Waals surface area contributed by atoms with Crippen LogP contribution in [-0.2, 0) is 14.9 Å². The van der Waals surface area contributed by atoms with E-state index in [9.17, 15) is 13.6 Å². The quantitative estimate of drug-likeness (QED) is 0.838. The van der Waals surface area contributed by atoms with Crippen LogP contribution in [0.15, 0.2) is 18.2 Å². The van der Waals surface area contributed by atoms with Crippen molar-refractivity contribution in [1.82, 2.24) is 4.90 Å². The normalized spacial score (nSPS) is 29.0. The number of ether oxygens (including phenoxy) is 1. The fourth-order valence-corrected chi connectivity index (χ4v) is 4.39. The highest BCUT2D eigenvalue weighted by Gasteiger charge is 2.52. The minimum Gasteiger partial charge on any atom is -0.381 e. The van der Waals surface area contributed by atoms with E-state index in [0.29, 0.717) is 38.1 Å². The van der Waals surface area contributed by atoms with Crippen molar-refractivity contribution in [2.75, 3.05) is 26.3 Å². The smallest absolute Gasteiger partial charge is 0.233 e. The largest absolute Gasteiger partial charge is 0.381 e. The predicted molar refractivity (Wildman–Crippen MR) is 81.0 cm³/mol. The molecule has 2 heterocycles. The zero-order chi connectivity index (χ0) is 16.1. The molecule has 0 radical (unpaired) electrons. The van der Waals surface area contributed by atoms with E-state index < -0.39 is 17.0 Å². The van der Waals surface area contributed by atoms with Gasteiger partial charge in [0.25, 0.3) is 0 Å².